The minimum Gasteiger partial charge on any atom is -0.462 e. The molecule has 0 aliphatic rings. The molecule has 0 rings (SSSR count). The van der Waals surface area contributed by atoms with E-state index >= 15 is 0 Å². The lowest BCUT2D eigenvalue weighted by atomic mass is 10.1. The van der Waals surface area contributed by atoms with Gasteiger partial charge in [-0.1, -0.05) is 132 Å². The molecule has 54 heavy (non-hydrogen) atoms. The number of allylic oxidation sites excluding steroid dienone is 10. The summed E-state index contributed by atoms with van der Waals surface area (Å²) in [4.78, 5) is 35.3. The molecule has 0 fully saturated rings. The molecule has 0 saturated carbocycles. The SMILES string of the molecule is CC/C=C/C/C=C/C/C=C/C/C=C/CCCCC(=O)O[C@H](COC(=O)CCCCCCCCCCC/C=C/CCCC)COP(=O)(O)OCC[N+](C)(C)C. The Bertz CT molecular complexity index is 1110. The molecule has 0 aromatic carbocycles. The predicted molar refractivity (Wildman–Crippen MR) is 224 cm³/mol. The van der Waals surface area contributed by atoms with Gasteiger partial charge in [0.2, 0.25) is 0 Å². The lowest BCUT2D eigenvalue weighted by Gasteiger charge is -2.24. The third kappa shape index (κ3) is 39.4. The molecule has 9 nitrogen and oxygen atoms in total. The normalized spacial score (nSPS) is 14.3. The Kier molecular flexibility index (Phi) is 34.8. The second kappa shape index (κ2) is 36.4. The van der Waals surface area contributed by atoms with E-state index in [2.05, 4.69) is 74.6 Å². The summed E-state index contributed by atoms with van der Waals surface area (Å²) in [6.45, 7) is 4.21. The number of carbonyl (C=O) groups excluding carboxylic acids is 2. The van der Waals surface area contributed by atoms with E-state index in [-0.39, 0.29) is 32.0 Å². The lowest BCUT2D eigenvalue weighted by molar-refractivity contribution is -0.870. The molecule has 0 aliphatic carbocycles. The number of unbranched alkanes of at least 4 members (excludes halogenated alkanes) is 13. The van der Waals surface area contributed by atoms with Gasteiger partial charge in [-0.05, 0) is 70.6 Å². The Labute approximate surface area is 330 Å². The van der Waals surface area contributed by atoms with Crippen molar-refractivity contribution in [3.05, 3.63) is 60.8 Å². The molecule has 1 unspecified atom stereocenters. The first kappa shape index (κ1) is 51.7. The number of rotatable bonds is 37. The highest BCUT2D eigenvalue weighted by atomic mass is 31.2. The highest BCUT2D eigenvalue weighted by molar-refractivity contribution is 7.47. The molecule has 0 amide bonds. The summed E-state index contributed by atoms with van der Waals surface area (Å²) in [7, 11) is 1.44. The summed E-state index contributed by atoms with van der Waals surface area (Å²) < 4.78 is 34.2. The van der Waals surface area contributed by atoms with Crippen LogP contribution >= 0.6 is 7.82 Å². The van der Waals surface area contributed by atoms with Crippen molar-refractivity contribution < 1.29 is 42.1 Å². The summed E-state index contributed by atoms with van der Waals surface area (Å²) in [6, 6.07) is 0. The molecular formula is C44H79NO8P+. The molecule has 2 atom stereocenters. The van der Waals surface area contributed by atoms with Gasteiger partial charge >= 0.3 is 19.8 Å². The molecule has 1 N–H and O–H groups in total. The molecule has 0 bridgehead atoms. The Hall–Kier alpha value is -2.29. The van der Waals surface area contributed by atoms with Crippen molar-refractivity contribution in [2.75, 3.05) is 47.5 Å². The smallest absolute Gasteiger partial charge is 0.462 e. The number of esters is 2. The maximum atomic E-state index is 12.6. The van der Waals surface area contributed by atoms with Crippen LogP contribution in [-0.2, 0) is 32.7 Å². The average Bonchev–Trinajstić information content (AvgIpc) is 3.12. The first-order valence-electron chi connectivity index (χ1n) is 21.0. The largest absolute Gasteiger partial charge is 0.472 e. The minimum absolute atomic E-state index is 0.0209. The van der Waals surface area contributed by atoms with Crippen LogP contribution in [0.4, 0.5) is 0 Å². The van der Waals surface area contributed by atoms with E-state index in [1.54, 1.807) is 0 Å². The zero-order chi connectivity index (χ0) is 40.0. The quantitative estimate of drug-likeness (QED) is 0.0218. The third-order valence-corrected chi connectivity index (χ3v) is 9.52. The van der Waals surface area contributed by atoms with Crippen molar-refractivity contribution in [1.29, 1.82) is 0 Å². The molecule has 10 heteroatoms. The Balaban J connectivity index is 4.46. The molecule has 0 aromatic rings. The molecular weight excluding hydrogens is 701 g/mol. The van der Waals surface area contributed by atoms with Gasteiger partial charge in [-0.15, -0.1) is 0 Å². The van der Waals surface area contributed by atoms with Crippen LogP contribution in [0, 0.1) is 0 Å². The van der Waals surface area contributed by atoms with Crippen LogP contribution in [0.15, 0.2) is 60.8 Å². The van der Waals surface area contributed by atoms with Gasteiger partial charge in [0.15, 0.2) is 6.10 Å². The Morgan fingerprint density at radius 1 is 0.593 bits per heavy atom. The first-order valence-corrected chi connectivity index (χ1v) is 22.5. The van der Waals surface area contributed by atoms with Crippen molar-refractivity contribution >= 4 is 19.8 Å². The van der Waals surface area contributed by atoms with Gasteiger partial charge < -0.3 is 18.9 Å². The van der Waals surface area contributed by atoms with Crippen LogP contribution in [0.2, 0.25) is 0 Å². The highest BCUT2D eigenvalue weighted by Gasteiger charge is 2.27. The molecule has 312 valence electrons. The van der Waals surface area contributed by atoms with Crippen molar-refractivity contribution in [3.8, 4) is 0 Å². The van der Waals surface area contributed by atoms with E-state index in [1.807, 2.05) is 21.1 Å². The van der Waals surface area contributed by atoms with Gasteiger partial charge in [0.05, 0.1) is 27.7 Å². The number of likely N-dealkylation sites (N-methyl/N-ethyl adjacent to an activating group) is 1. The number of nitrogens with zero attached hydrogens (tertiary/aromatic N) is 1. The fraction of sp³-hybridized carbons (Fsp3) is 0.727. The van der Waals surface area contributed by atoms with E-state index in [1.165, 1.54) is 64.2 Å². The van der Waals surface area contributed by atoms with E-state index in [9.17, 15) is 19.0 Å². The number of hydrogen-bond acceptors (Lipinski definition) is 7. The standard InChI is InChI=1S/C44H78NO8P/c1-6-8-10-12-14-16-18-20-22-24-26-28-30-32-34-36-43(46)50-40-42(41-52-54(48,49)51-39-38-45(3,4)5)53-44(47)37-35-33-31-29-27-25-23-21-19-17-15-13-11-9-7-2/h9,11-12,14-15,17,21,23,27,29,42H,6-8,10,13,16,18-20,22,24-26,28,30-41H2,1-5H3/p+1/b11-9+,14-12+,17-15+,23-21+,29-27+/t42-/m1/s1. The molecule has 0 spiro atoms. The van der Waals surface area contributed by atoms with E-state index in [0.29, 0.717) is 17.4 Å². The van der Waals surface area contributed by atoms with E-state index in [0.717, 1.165) is 57.8 Å². The summed E-state index contributed by atoms with van der Waals surface area (Å²) in [5.74, 6) is -0.855. The van der Waals surface area contributed by atoms with Crippen molar-refractivity contribution in [1.82, 2.24) is 0 Å². The van der Waals surface area contributed by atoms with E-state index in [4.69, 9.17) is 18.5 Å². The van der Waals surface area contributed by atoms with Crippen LogP contribution in [0.5, 0.6) is 0 Å². The first-order chi connectivity index (χ1) is 26.0. The lowest BCUT2D eigenvalue weighted by Crippen LogP contribution is -2.37. The molecule has 0 aromatic heterocycles. The Morgan fingerprint density at radius 3 is 1.63 bits per heavy atom. The van der Waals surface area contributed by atoms with Crippen LogP contribution in [0.1, 0.15) is 155 Å². The minimum atomic E-state index is -4.39. The number of hydrogen-bond donors (Lipinski definition) is 1. The predicted octanol–water partition coefficient (Wildman–Crippen LogP) is 11.7. The van der Waals surface area contributed by atoms with Crippen molar-refractivity contribution in [2.45, 2.75) is 161 Å². The summed E-state index contributed by atoms with van der Waals surface area (Å²) >= 11 is 0. The average molecular weight is 781 g/mol. The van der Waals surface area contributed by atoms with Crippen LogP contribution < -0.4 is 0 Å². The summed E-state index contributed by atoms with van der Waals surface area (Å²) in [6.07, 6.45) is 42.7. The van der Waals surface area contributed by atoms with Gasteiger partial charge in [0.25, 0.3) is 0 Å². The maximum Gasteiger partial charge on any atom is 0.472 e. The van der Waals surface area contributed by atoms with Gasteiger partial charge in [0, 0.05) is 12.8 Å². The Morgan fingerprint density at radius 2 is 1.06 bits per heavy atom. The van der Waals surface area contributed by atoms with Gasteiger partial charge in [-0.25, -0.2) is 4.57 Å². The second-order valence-corrected chi connectivity index (χ2v) is 16.4. The maximum absolute atomic E-state index is 12.6. The van der Waals surface area contributed by atoms with Crippen LogP contribution in [0.25, 0.3) is 0 Å². The van der Waals surface area contributed by atoms with Gasteiger partial charge in [-0.2, -0.15) is 0 Å². The zero-order valence-corrected chi connectivity index (χ0v) is 35.8. The number of quaternary nitrogens is 1. The molecule has 0 heterocycles. The third-order valence-electron chi connectivity index (χ3n) is 8.53. The van der Waals surface area contributed by atoms with Crippen molar-refractivity contribution in [3.63, 3.8) is 0 Å². The summed E-state index contributed by atoms with van der Waals surface area (Å²) in [5.41, 5.74) is 0. The molecule has 0 radical (unpaired) electrons. The van der Waals surface area contributed by atoms with Crippen molar-refractivity contribution in [2.24, 2.45) is 0 Å². The number of phosphoric ester groups is 1. The topological polar surface area (TPSA) is 108 Å². The molecule has 0 saturated heterocycles. The van der Waals surface area contributed by atoms with Crippen LogP contribution in [0.3, 0.4) is 0 Å². The fourth-order valence-corrected chi connectivity index (χ4v) is 5.96. The summed E-state index contributed by atoms with van der Waals surface area (Å²) in [5, 5.41) is 0. The highest BCUT2D eigenvalue weighted by Crippen LogP contribution is 2.43. The fourth-order valence-electron chi connectivity index (χ4n) is 5.22. The van der Waals surface area contributed by atoms with Gasteiger partial charge in [0.1, 0.15) is 19.8 Å². The zero-order valence-electron chi connectivity index (χ0n) is 34.9. The number of ether oxygens (including phenoxy) is 2. The number of carbonyl (C=O) groups is 2. The van der Waals surface area contributed by atoms with Crippen LogP contribution in [-0.4, -0.2) is 74.9 Å². The molecule has 0 aliphatic heterocycles. The second-order valence-electron chi connectivity index (χ2n) is 15.0. The van der Waals surface area contributed by atoms with E-state index < -0.39 is 26.5 Å². The number of phosphoric acid groups is 1. The van der Waals surface area contributed by atoms with Gasteiger partial charge in [-0.3, -0.25) is 18.6 Å². The monoisotopic (exact) mass is 781 g/mol.